The third-order valence-electron chi connectivity index (χ3n) is 5.06. The molecule has 3 heterocycles. The molecule has 1 saturated heterocycles. The molecule has 5 nitrogen and oxygen atoms in total. The molecule has 0 unspecified atom stereocenters. The normalized spacial score (nSPS) is 15.7. The molecule has 0 amide bonds. The molecule has 4 rings (SSSR count). The fourth-order valence-electron chi connectivity index (χ4n) is 3.58. The highest BCUT2D eigenvalue weighted by Crippen LogP contribution is 2.32. The Balaban J connectivity index is 1.42. The van der Waals surface area contributed by atoms with E-state index in [1.54, 1.807) is 11.3 Å². The second-order valence-electron chi connectivity index (χ2n) is 6.83. The lowest BCUT2D eigenvalue weighted by molar-refractivity contribution is 0.164. The van der Waals surface area contributed by atoms with Gasteiger partial charge < -0.3 is 15.3 Å². The van der Waals surface area contributed by atoms with E-state index in [9.17, 15) is 0 Å². The van der Waals surface area contributed by atoms with Crippen molar-refractivity contribution in [1.82, 2.24) is 14.9 Å². The molecule has 1 aliphatic heterocycles. The second kappa shape index (κ2) is 8.61. The zero-order chi connectivity index (χ0) is 18.5. The van der Waals surface area contributed by atoms with Crippen LogP contribution in [-0.2, 0) is 0 Å². The van der Waals surface area contributed by atoms with Gasteiger partial charge >= 0.3 is 0 Å². The number of nitrogens with zero attached hydrogens (tertiary/aromatic N) is 3. The van der Waals surface area contributed by atoms with Crippen LogP contribution in [0.5, 0.6) is 0 Å². The van der Waals surface area contributed by atoms with E-state index >= 15 is 0 Å². The highest BCUT2D eigenvalue weighted by Gasteiger charge is 2.20. The number of pyridine rings is 1. The van der Waals surface area contributed by atoms with Gasteiger partial charge in [-0.25, -0.2) is 9.97 Å². The van der Waals surface area contributed by atoms with Crippen molar-refractivity contribution < 1.29 is 5.11 Å². The first-order valence-electron chi connectivity index (χ1n) is 9.39. The maximum Gasteiger partial charge on any atom is 0.188 e. The number of aliphatic hydroxyl groups is 1. The van der Waals surface area contributed by atoms with E-state index in [2.05, 4.69) is 44.5 Å². The van der Waals surface area contributed by atoms with Gasteiger partial charge in [0.1, 0.15) is 5.82 Å². The predicted octanol–water partition coefficient (Wildman–Crippen LogP) is 4.12. The van der Waals surface area contributed by atoms with E-state index in [-0.39, 0.29) is 6.61 Å². The van der Waals surface area contributed by atoms with Crippen LogP contribution in [0, 0.1) is 0 Å². The molecule has 3 aromatic rings. The molecule has 0 radical (unpaired) electrons. The van der Waals surface area contributed by atoms with Gasteiger partial charge in [0, 0.05) is 18.9 Å². The summed E-state index contributed by atoms with van der Waals surface area (Å²) in [4.78, 5) is 12.4. The summed E-state index contributed by atoms with van der Waals surface area (Å²) in [6.45, 7) is 3.11. The number of hydrogen-bond acceptors (Lipinski definition) is 6. The van der Waals surface area contributed by atoms with E-state index in [1.165, 1.54) is 11.1 Å². The quantitative estimate of drug-likeness (QED) is 0.674. The van der Waals surface area contributed by atoms with Gasteiger partial charge in [-0.1, -0.05) is 41.7 Å². The smallest absolute Gasteiger partial charge is 0.188 e. The Morgan fingerprint density at radius 3 is 2.70 bits per heavy atom. The first-order valence-corrected chi connectivity index (χ1v) is 10.2. The average molecular weight is 381 g/mol. The molecule has 0 bridgehead atoms. The van der Waals surface area contributed by atoms with Gasteiger partial charge in [0.15, 0.2) is 5.13 Å². The third-order valence-corrected chi connectivity index (χ3v) is 6.02. The highest BCUT2D eigenvalue weighted by atomic mass is 32.1. The molecule has 6 heteroatoms. The van der Waals surface area contributed by atoms with Crippen molar-refractivity contribution >= 4 is 22.3 Å². The summed E-state index contributed by atoms with van der Waals surface area (Å²) in [6, 6.07) is 14.6. The average Bonchev–Trinajstić information content (AvgIpc) is 3.18. The molecular weight excluding hydrogens is 356 g/mol. The van der Waals surface area contributed by atoms with Crippen molar-refractivity contribution in [2.75, 3.05) is 31.6 Å². The number of likely N-dealkylation sites (tertiary alicyclic amines) is 1. The number of nitrogens with one attached hydrogen (secondary N) is 1. The molecule has 1 aromatic carbocycles. The fourth-order valence-corrected chi connectivity index (χ4v) is 4.41. The molecule has 27 heavy (non-hydrogen) atoms. The number of aromatic nitrogens is 2. The van der Waals surface area contributed by atoms with Crippen LogP contribution in [0.1, 0.15) is 24.3 Å². The summed E-state index contributed by atoms with van der Waals surface area (Å²) in [7, 11) is 0. The highest BCUT2D eigenvalue weighted by molar-refractivity contribution is 7.18. The van der Waals surface area contributed by atoms with Crippen molar-refractivity contribution in [1.29, 1.82) is 0 Å². The van der Waals surface area contributed by atoms with E-state index in [4.69, 9.17) is 5.11 Å². The summed E-state index contributed by atoms with van der Waals surface area (Å²) in [5.41, 5.74) is 2.51. The molecule has 2 aromatic heterocycles. The summed E-state index contributed by atoms with van der Waals surface area (Å²) in [5.74, 6) is 1.40. The van der Waals surface area contributed by atoms with Crippen LogP contribution in [0.4, 0.5) is 10.9 Å². The zero-order valence-corrected chi connectivity index (χ0v) is 16.0. The minimum atomic E-state index is 0.243. The van der Waals surface area contributed by atoms with Crippen LogP contribution in [0.25, 0.3) is 10.4 Å². The summed E-state index contributed by atoms with van der Waals surface area (Å²) < 4.78 is 0. The molecule has 0 saturated carbocycles. The number of anilines is 2. The van der Waals surface area contributed by atoms with Crippen LogP contribution in [0.2, 0.25) is 0 Å². The van der Waals surface area contributed by atoms with Crippen LogP contribution in [0.3, 0.4) is 0 Å². The topological polar surface area (TPSA) is 61.3 Å². The number of hydrogen-bond donors (Lipinski definition) is 2. The number of β-amino-alcohol motifs (C(OH)–C–C–N with tert-alkyl or cyclic N) is 1. The van der Waals surface area contributed by atoms with Gasteiger partial charge in [-0.15, -0.1) is 0 Å². The Morgan fingerprint density at radius 1 is 1.11 bits per heavy atom. The third kappa shape index (κ3) is 4.53. The van der Waals surface area contributed by atoms with E-state index < -0.39 is 0 Å². The Kier molecular flexibility index (Phi) is 5.77. The first-order chi connectivity index (χ1) is 13.3. The predicted molar refractivity (Wildman–Crippen MR) is 111 cm³/mol. The number of thiazole rings is 1. The Hall–Kier alpha value is -2.28. The van der Waals surface area contributed by atoms with Crippen molar-refractivity contribution in [3.63, 3.8) is 0 Å². The summed E-state index contributed by atoms with van der Waals surface area (Å²) >= 11 is 1.64. The SMILES string of the molecule is OCCN1CCC(c2ccnc(Nc3ncc(-c4ccccc4)s3)c2)CC1. The summed E-state index contributed by atoms with van der Waals surface area (Å²) in [5, 5.41) is 13.3. The molecule has 2 N–H and O–H groups in total. The number of piperidine rings is 1. The standard InChI is InChI=1S/C21H24N4OS/c26-13-12-25-10-7-16(8-11-25)18-6-9-22-20(14-18)24-21-23-15-19(27-21)17-4-2-1-3-5-17/h1-6,9,14-16,26H,7-8,10-13H2,(H,22,23,24). The zero-order valence-electron chi connectivity index (χ0n) is 15.2. The molecule has 0 aliphatic carbocycles. The molecule has 0 spiro atoms. The fraction of sp³-hybridized carbons (Fsp3) is 0.333. The molecule has 140 valence electrons. The van der Waals surface area contributed by atoms with Crippen LogP contribution in [-0.4, -0.2) is 46.2 Å². The number of aliphatic hydroxyl groups excluding tert-OH is 1. The van der Waals surface area contributed by atoms with Crippen LogP contribution >= 0.6 is 11.3 Å². The largest absolute Gasteiger partial charge is 0.395 e. The molecule has 1 fully saturated rings. The molecule has 1 aliphatic rings. The maximum atomic E-state index is 9.09. The number of benzene rings is 1. The van der Waals surface area contributed by atoms with Gasteiger partial charge in [0.05, 0.1) is 11.5 Å². The van der Waals surface area contributed by atoms with E-state index in [0.29, 0.717) is 5.92 Å². The van der Waals surface area contributed by atoms with Crippen molar-refractivity contribution in [3.05, 3.63) is 60.4 Å². The maximum absolute atomic E-state index is 9.09. The van der Waals surface area contributed by atoms with Gasteiger partial charge in [0.25, 0.3) is 0 Å². The van der Waals surface area contributed by atoms with Gasteiger partial charge in [-0.05, 0) is 55.1 Å². The van der Waals surface area contributed by atoms with Crippen molar-refractivity contribution in [2.24, 2.45) is 0 Å². The summed E-state index contributed by atoms with van der Waals surface area (Å²) in [6.07, 6.45) is 6.03. The van der Waals surface area contributed by atoms with E-state index in [0.717, 1.165) is 48.3 Å². The van der Waals surface area contributed by atoms with Gasteiger partial charge in [-0.3, -0.25) is 0 Å². The van der Waals surface area contributed by atoms with Crippen molar-refractivity contribution in [2.45, 2.75) is 18.8 Å². The van der Waals surface area contributed by atoms with Gasteiger partial charge in [-0.2, -0.15) is 0 Å². The Bertz CT molecular complexity index is 859. The Labute approximate surface area is 163 Å². The lowest BCUT2D eigenvalue weighted by Crippen LogP contribution is -2.34. The first kappa shape index (κ1) is 18.1. The van der Waals surface area contributed by atoms with Crippen molar-refractivity contribution in [3.8, 4) is 10.4 Å². The number of rotatable bonds is 6. The van der Waals surface area contributed by atoms with Gasteiger partial charge in [0.2, 0.25) is 0 Å². The van der Waals surface area contributed by atoms with Crippen LogP contribution < -0.4 is 5.32 Å². The minimum Gasteiger partial charge on any atom is -0.395 e. The minimum absolute atomic E-state index is 0.243. The second-order valence-corrected chi connectivity index (χ2v) is 7.87. The molecular formula is C21H24N4OS. The monoisotopic (exact) mass is 380 g/mol. The van der Waals surface area contributed by atoms with Crippen LogP contribution in [0.15, 0.2) is 54.9 Å². The molecule has 0 atom stereocenters. The lowest BCUT2D eigenvalue weighted by Gasteiger charge is -2.31. The van der Waals surface area contributed by atoms with E-state index in [1.807, 2.05) is 30.6 Å². The lowest BCUT2D eigenvalue weighted by atomic mass is 9.90. The Morgan fingerprint density at radius 2 is 1.93 bits per heavy atom.